The Balaban J connectivity index is 1.89. The quantitative estimate of drug-likeness (QED) is 0.802. The minimum absolute atomic E-state index is 0.00964. The predicted molar refractivity (Wildman–Crippen MR) is 80.4 cm³/mol. The first-order valence-corrected chi connectivity index (χ1v) is 7.57. The molecule has 20 heavy (non-hydrogen) atoms. The van der Waals surface area contributed by atoms with Crippen LogP contribution in [0, 0.1) is 0 Å². The molecule has 2 N–H and O–H groups in total. The number of thioether (sulfide) groups is 1. The number of nitrogens with zero attached hydrogens (tertiary/aromatic N) is 2. The number of H-pyrrole nitrogens is 1. The molecule has 1 atom stereocenters. The number of carbonyl (C=O) groups excluding carboxylic acids is 1. The Bertz CT molecular complexity index is 555. The molecule has 0 aliphatic carbocycles. The van der Waals surface area contributed by atoms with Crippen LogP contribution < -0.4 is 5.32 Å². The van der Waals surface area contributed by atoms with E-state index < -0.39 is 0 Å². The third-order valence-electron chi connectivity index (χ3n) is 2.86. The van der Waals surface area contributed by atoms with Crippen molar-refractivity contribution in [3.63, 3.8) is 0 Å². The van der Waals surface area contributed by atoms with Crippen molar-refractivity contribution in [3.8, 4) is 11.4 Å². The second-order valence-corrected chi connectivity index (χ2v) is 5.44. The molecule has 2 rings (SSSR count). The molecule has 0 spiro atoms. The van der Waals surface area contributed by atoms with Gasteiger partial charge in [-0.15, -0.1) is 5.10 Å². The fourth-order valence-electron chi connectivity index (χ4n) is 1.58. The van der Waals surface area contributed by atoms with E-state index in [2.05, 4.69) is 20.5 Å². The third-order valence-corrected chi connectivity index (χ3v) is 3.71. The maximum atomic E-state index is 11.7. The van der Waals surface area contributed by atoms with E-state index in [1.807, 2.05) is 44.2 Å². The Hall–Kier alpha value is -1.82. The summed E-state index contributed by atoms with van der Waals surface area (Å²) in [6.45, 7) is 4.03. The molecule has 1 amide bonds. The summed E-state index contributed by atoms with van der Waals surface area (Å²) in [6, 6.07) is 9.98. The van der Waals surface area contributed by atoms with Gasteiger partial charge in [0.25, 0.3) is 0 Å². The number of amides is 1. The molecule has 0 radical (unpaired) electrons. The topological polar surface area (TPSA) is 70.7 Å². The van der Waals surface area contributed by atoms with Gasteiger partial charge in [-0.25, -0.2) is 4.98 Å². The van der Waals surface area contributed by atoms with E-state index in [1.54, 1.807) is 0 Å². The van der Waals surface area contributed by atoms with Gasteiger partial charge >= 0.3 is 0 Å². The number of nitrogens with one attached hydrogen (secondary N) is 2. The van der Waals surface area contributed by atoms with Crippen LogP contribution in [0.3, 0.4) is 0 Å². The van der Waals surface area contributed by atoms with Crippen LogP contribution in [0.1, 0.15) is 20.3 Å². The Morgan fingerprint density at radius 1 is 1.40 bits per heavy atom. The molecule has 1 aromatic carbocycles. The number of hydrogen-bond acceptors (Lipinski definition) is 4. The van der Waals surface area contributed by atoms with Crippen molar-refractivity contribution in [2.24, 2.45) is 0 Å². The van der Waals surface area contributed by atoms with Crippen molar-refractivity contribution < 1.29 is 4.79 Å². The van der Waals surface area contributed by atoms with Crippen LogP contribution in [-0.4, -0.2) is 32.9 Å². The highest BCUT2D eigenvalue weighted by Gasteiger charge is 2.10. The number of benzene rings is 1. The van der Waals surface area contributed by atoms with Gasteiger partial charge in [-0.05, 0) is 13.3 Å². The number of rotatable bonds is 6. The molecule has 0 aliphatic heterocycles. The van der Waals surface area contributed by atoms with Crippen molar-refractivity contribution in [2.45, 2.75) is 31.5 Å². The van der Waals surface area contributed by atoms with Gasteiger partial charge in [0.1, 0.15) is 0 Å². The maximum absolute atomic E-state index is 11.7. The summed E-state index contributed by atoms with van der Waals surface area (Å²) in [5.41, 5.74) is 0.982. The lowest BCUT2D eigenvalue weighted by molar-refractivity contribution is -0.119. The van der Waals surface area contributed by atoms with Gasteiger partial charge in [0.2, 0.25) is 11.1 Å². The van der Waals surface area contributed by atoms with Crippen molar-refractivity contribution in [1.82, 2.24) is 20.5 Å². The standard InChI is InChI=1S/C14H18N4OS/c1-3-10(2)15-12(19)9-20-14-16-13(17-18-14)11-7-5-4-6-8-11/h4-8,10H,3,9H2,1-2H3,(H,15,19)(H,16,17,18)/t10-/m0/s1. The molecule has 106 valence electrons. The highest BCUT2D eigenvalue weighted by molar-refractivity contribution is 7.99. The molecule has 1 heterocycles. The lowest BCUT2D eigenvalue weighted by atomic mass is 10.2. The van der Waals surface area contributed by atoms with Crippen LogP contribution in [0.5, 0.6) is 0 Å². The van der Waals surface area contributed by atoms with E-state index in [0.29, 0.717) is 10.9 Å². The van der Waals surface area contributed by atoms with E-state index in [0.717, 1.165) is 17.8 Å². The Labute approximate surface area is 122 Å². The molecule has 0 aliphatic rings. The third kappa shape index (κ3) is 4.09. The molecular weight excluding hydrogens is 272 g/mol. The van der Waals surface area contributed by atoms with E-state index in [4.69, 9.17) is 0 Å². The minimum atomic E-state index is 0.00964. The van der Waals surface area contributed by atoms with E-state index in [9.17, 15) is 4.79 Å². The normalized spacial score (nSPS) is 12.1. The summed E-state index contributed by atoms with van der Waals surface area (Å²) >= 11 is 1.33. The number of aromatic nitrogens is 3. The highest BCUT2D eigenvalue weighted by Crippen LogP contribution is 2.18. The lowest BCUT2D eigenvalue weighted by Crippen LogP contribution is -2.33. The Kier molecular flexibility index (Phi) is 5.17. The summed E-state index contributed by atoms with van der Waals surface area (Å²) < 4.78 is 0. The van der Waals surface area contributed by atoms with Gasteiger partial charge in [-0.3, -0.25) is 9.89 Å². The lowest BCUT2D eigenvalue weighted by Gasteiger charge is -2.09. The number of aromatic amines is 1. The van der Waals surface area contributed by atoms with Crippen LogP contribution in [0.2, 0.25) is 0 Å². The van der Waals surface area contributed by atoms with Gasteiger partial charge in [0.15, 0.2) is 5.82 Å². The monoisotopic (exact) mass is 290 g/mol. The van der Waals surface area contributed by atoms with Crippen LogP contribution >= 0.6 is 11.8 Å². The number of carbonyl (C=O) groups is 1. The average molecular weight is 290 g/mol. The zero-order chi connectivity index (χ0) is 14.4. The molecule has 0 saturated carbocycles. The second kappa shape index (κ2) is 7.09. The van der Waals surface area contributed by atoms with E-state index in [1.165, 1.54) is 11.8 Å². The van der Waals surface area contributed by atoms with Gasteiger partial charge < -0.3 is 5.32 Å². The Morgan fingerprint density at radius 2 is 2.15 bits per heavy atom. The van der Waals surface area contributed by atoms with Crippen LogP contribution in [0.15, 0.2) is 35.5 Å². The smallest absolute Gasteiger partial charge is 0.230 e. The van der Waals surface area contributed by atoms with Crippen molar-refractivity contribution in [1.29, 1.82) is 0 Å². The fourth-order valence-corrected chi connectivity index (χ4v) is 2.19. The second-order valence-electron chi connectivity index (χ2n) is 4.50. The van der Waals surface area contributed by atoms with Crippen molar-refractivity contribution >= 4 is 17.7 Å². The molecule has 2 aromatic rings. The molecule has 5 nitrogen and oxygen atoms in total. The highest BCUT2D eigenvalue weighted by atomic mass is 32.2. The first-order valence-electron chi connectivity index (χ1n) is 6.59. The SMILES string of the molecule is CC[C@H](C)NC(=O)CSc1n[nH]c(-c2ccccc2)n1. The molecule has 0 bridgehead atoms. The molecule has 0 unspecified atom stereocenters. The van der Waals surface area contributed by atoms with Gasteiger partial charge in [-0.2, -0.15) is 0 Å². The maximum Gasteiger partial charge on any atom is 0.230 e. The summed E-state index contributed by atoms with van der Waals surface area (Å²) in [5, 5.41) is 10.5. The fraction of sp³-hybridized carbons (Fsp3) is 0.357. The zero-order valence-corrected chi connectivity index (χ0v) is 12.4. The summed E-state index contributed by atoms with van der Waals surface area (Å²) in [5.74, 6) is 1.06. The van der Waals surface area contributed by atoms with Crippen molar-refractivity contribution in [2.75, 3.05) is 5.75 Å². The molecule has 6 heteroatoms. The van der Waals surface area contributed by atoms with Gasteiger partial charge in [0, 0.05) is 11.6 Å². The first kappa shape index (κ1) is 14.6. The minimum Gasteiger partial charge on any atom is -0.353 e. The zero-order valence-electron chi connectivity index (χ0n) is 11.6. The molecule has 0 fully saturated rings. The average Bonchev–Trinajstić information content (AvgIpc) is 2.95. The van der Waals surface area contributed by atoms with Crippen LogP contribution in [-0.2, 0) is 4.79 Å². The summed E-state index contributed by atoms with van der Waals surface area (Å²) in [4.78, 5) is 16.0. The van der Waals surface area contributed by atoms with Gasteiger partial charge in [0.05, 0.1) is 5.75 Å². The molecule has 0 saturated heterocycles. The first-order chi connectivity index (χ1) is 9.69. The summed E-state index contributed by atoms with van der Waals surface area (Å²) in [6.07, 6.45) is 0.926. The summed E-state index contributed by atoms with van der Waals surface area (Å²) in [7, 11) is 0. The Morgan fingerprint density at radius 3 is 2.85 bits per heavy atom. The van der Waals surface area contributed by atoms with Crippen molar-refractivity contribution in [3.05, 3.63) is 30.3 Å². The van der Waals surface area contributed by atoms with E-state index >= 15 is 0 Å². The van der Waals surface area contributed by atoms with Gasteiger partial charge in [-0.1, -0.05) is 49.0 Å². The molecule has 1 aromatic heterocycles. The van der Waals surface area contributed by atoms with Crippen LogP contribution in [0.25, 0.3) is 11.4 Å². The largest absolute Gasteiger partial charge is 0.353 e. The molecular formula is C14H18N4OS. The van der Waals surface area contributed by atoms with E-state index in [-0.39, 0.29) is 11.9 Å². The number of hydrogen-bond donors (Lipinski definition) is 2. The van der Waals surface area contributed by atoms with Crippen LogP contribution in [0.4, 0.5) is 0 Å². The predicted octanol–water partition coefficient (Wildman–Crippen LogP) is 2.48.